The minimum Gasteiger partial charge on any atom is -0.456 e. The molecule has 0 amide bonds. The fourth-order valence-electron chi connectivity index (χ4n) is 11.8. The molecule has 8 aromatic rings. The third-order valence-electron chi connectivity index (χ3n) is 13.6. The summed E-state index contributed by atoms with van der Waals surface area (Å²) in [5.74, 6) is 3.42. The second-order valence-electron chi connectivity index (χ2n) is 16.1. The Kier molecular flexibility index (Phi) is 5.98. The van der Waals surface area contributed by atoms with E-state index < -0.39 is 0 Å². The van der Waals surface area contributed by atoms with Gasteiger partial charge in [0.2, 0.25) is 0 Å². The molecule has 4 saturated carbocycles. The van der Waals surface area contributed by atoms with Crippen molar-refractivity contribution in [3.8, 4) is 22.3 Å². The molecule has 0 radical (unpaired) electrons. The standard InChI is InChI=1S/C50H39NO/c1-2-9-35-29-39(21-16-33(35)8-1)51(40-22-23-43-42-10-4-6-15-47(42)52-48(43)30-40)38-19-17-34(18-20-38)41-12-7-14-46-49(41)44-11-3-5-13-45(44)50(46)36-25-31-24-32(27-36)28-37(50)26-31/h1-23,29-32,36-37H,24-28H2. The first kappa shape index (κ1) is 29.0. The van der Waals surface area contributed by atoms with Crippen molar-refractivity contribution in [3.63, 3.8) is 0 Å². The Hall–Kier alpha value is -5.60. The van der Waals surface area contributed by atoms with E-state index in [1.807, 2.05) is 6.07 Å². The highest BCUT2D eigenvalue weighted by molar-refractivity contribution is 6.06. The zero-order chi connectivity index (χ0) is 34.0. The van der Waals surface area contributed by atoms with Gasteiger partial charge in [0, 0.05) is 39.3 Å². The van der Waals surface area contributed by atoms with Crippen molar-refractivity contribution >= 4 is 49.8 Å². The number of rotatable bonds is 4. The van der Waals surface area contributed by atoms with E-state index in [0.717, 1.165) is 62.7 Å². The van der Waals surface area contributed by atoms with E-state index in [2.05, 4.69) is 150 Å². The second kappa shape index (κ2) is 10.7. The maximum atomic E-state index is 6.39. The summed E-state index contributed by atoms with van der Waals surface area (Å²) in [5, 5.41) is 4.76. The van der Waals surface area contributed by atoms with E-state index in [0.29, 0.717) is 0 Å². The highest BCUT2D eigenvalue weighted by Gasteiger charge is 2.61. The Morgan fingerprint density at radius 3 is 1.94 bits per heavy atom. The van der Waals surface area contributed by atoms with Crippen LogP contribution in [0.2, 0.25) is 0 Å². The molecule has 2 heteroatoms. The number of hydrogen-bond acceptors (Lipinski definition) is 2. The fraction of sp³-hybridized carbons (Fsp3) is 0.200. The molecular formula is C50H39NO. The summed E-state index contributed by atoms with van der Waals surface area (Å²) in [6, 6.07) is 56.4. The van der Waals surface area contributed by atoms with E-state index in [1.165, 1.54) is 65.1 Å². The Labute approximate surface area is 304 Å². The van der Waals surface area contributed by atoms with Crippen molar-refractivity contribution in [2.24, 2.45) is 23.7 Å². The van der Waals surface area contributed by atoms with Crippen LogP contribution in [0.5, 0.6) is 0 Å². The Morgan fingerprint density at radius 2 is 1.10 bits per heavy atom. The lowest BCUT2D eigenvalue weighted by Gasteiger charge is -2.61. The molecule has 0 atom stereocenters. The van der Waals surface area contributed by atoms with Crippen LogP contribution < -0.4 is 4.90 Å². The van der Waals surface area contributed by atoms with Crippen LogP contribution in [0.25, 0.3) is 55.0 Å². The quantitative estimate of drug-likeness (QED) is 0.185. The van der Waals surface area contributed by atoms with E-state index in [4.69, 9.17) is 4.42 Å². The average molecular weight is 670 g/mol. The number of anilines is 3. The molecule has 0 aliphatic heterocycles. The highest BCUT2D eigenvalue weighted by atomic mass is 16.3. The van der Waals surface area contributed by atoms with Crippen LogP contribution in [0.3, 0.4) is 0 Å². The van der Waals surface area contributed by atoms with Gasteiger partial charge in [0.25, 0.3) is 0 Å². The molecule has 5 aliphatic carbocycles. The molecule has 5 aliphatic rings. The van der Waals surface area contributed by atoms with Crippen molar-refractivity contribution in [1.82, 2.24) is 0 Å². The van der Waals surface area contributed by atoms with Gasteiger partial charge in [-0.3, -0.25) is 0 Å². The maximum Gasteiger partial charge on any atom is 0.137 e. The van der Waals surface area contributed by atoms with Crippen LogP contribution in [0.1, 0.15) is 43.2 Å². The molecular weight excluding hydrogens is 631 g/mol. The van der Waals surface area contributed by atoms with Gasteiger partial charge in [0.1, 0.15) is 11.2 Å². The van der Waals surface area contributed by atoms with E-state index in [1.54, 1.807) is 11.1 Å². The van der Waals surface area contributed by atoms with Crippen molar-refractivity contribution in [2.75, 3.05) is 4.90 Å². The Balaban J connectivity index is 0.999. The van der Waals surface area contributed by atoms with Gasteiger partial charge in [0.15, 0.2) is 0 Å². The topological polar surface area (TPSA) is 16.4 Å². The van der Waals surface area contributed by atoms with Crippen molar-refractivity contribution < 1.29 is 4.42 Å². The number of fused-ring (bicyclic) bond motifs is 7. The molecule has 2 nitrogen and oxygen atoms in total. The fourth-order valence-corrected chi connectivity index (χ4v) is 11.8. The summed E-state index contributed by atoms with van der Waals surface area (Å²) in [6.45, 7) is 0. The molecule has 1 spiro atoms. The molecule has 250 valence electrons. The number of hydrogen-bond donors (Lipinski definition) is 0. The van der Waals surface area contributed by atoms with Crippen LogP contribution in [0.4, 0.5) is 17.1 Å². The molecule has 7 aromatic carbocycles. The summed E-state index contributed by atoms with van der Waals surface area (Å²) in [5.41, 5.74) is 14.2. The molecule has 4 fully saturated rings. The summed E-state index contributed by atoms with van der Waals surface area (Å²) in [4.78, 5) is 2.37. The number of benzene rings is 7. The number of furan rings is 1. The lowest BCUT2D eigenvalue weighted by atomic mass is 9.43. The predicted octanol–water partition coefficient (Wildman–Crippen LogP) is 13.6. The number of para-hydroxylation sites is 1. The smallest absolute Gasteiger partial charge is 0.137 e. The van der Waals surface area contributed by atoms with Crippen LogP contribution in [0.15, 0.2) is 156 Å². The van der Waals surface area contributed by atoms with Gasteiger partial charge < -0.3 is 9.32 Å². The SMILES string of the molecule is c1ccc2c(c1)-c1c(-c3ccc(N(c4ccc5ccccc5c4)c4ccc5c(c4)oc4ccccc45)cc3)cccc1C21C2CC3CC(C2)CC1C3. The van der Waals surface area contributed by atoms with Gasteiger partial charge in [-0.2, -0.15) is 0 Å². The van der Waals surface area contributed by atoms with Crippen LogP contribution in [-0.2, 0) is 5.41 Å². The highest BCUT2D eigenvalue weighted by Crippen LogP contribution is 2.70. The monoisotopic (exact) mass is 669 g/mol. The molecule has 1 aromatic heterocycles. The van der Waals surface area contributed by atoms with Gasteiger partial charge in [-0.25, -0.2) is 0 Å². The summed E-state index contributed by atoms with van der Waals surface area (Å²) >= 11 is 0. The van der Waals surface area contributed by atoms with E-state index in [-0.39, 0.29) is 5.41 Å². The van der Waals surface area contributed by atoms with Crippen molar-refractivity contribution in [2.45, 2.75) is 37.5 Å². The van der Waals surface area contributed by atoms with Crippen LogP contribution in [0, 0.1) is 23.7 Å². The average Bonchev–Trinajstić information content (AvgIpc) is 3.71. The zero-order valence-corrected chi connectivity index (χ0v) is 29.1. The van der Waals surface area contributed by atoms with E-state index >= 15 is 0 Å². The molecule has 0 unspecified atom stereocenters. The normalized spacial score (nSPS) is 23.8. The van der Waals surface area contributed by atoms with Gasteiger partial charge in [0.05, 0.1) is 0 Å². The second-order valence-corrected chi connectivity index (χ2v) is 16.1. The summed E-state index contributed by atoms with van der Waals surface area (Å²) in [7, 11) is 0. The Bertz CT molecular complexity index is 2690. The predicted molar refractivity (Wildman–Crippen MR) is 215 cm³/mol. The molecule has 4 bridgehead atoms. The first-order chi connectivity index (χ1) is 25.7. The third kappa shape index (κ3) is 3.96. The largest absolute Gasteiger partial charge is 0.456 e. The van der Waals surface area contributed by atoms with Gasteiger partial charge in [-0.15, -0.1) is 0 Å². The third-order valence-corrected chi connectivity index (χ3v) is 13.6. The van der Waals surface area contributed by atoms with E-state index in [9.17, 15) is 0 Å². The molecule has 52 heavy (non-hydrogen) atoms. The Morgan fingerprint density at radius 1 is 0.462 bits per heavy atom. The van der Waals surface area contributed by atoms with Crippen LogP contribution in [-0.4, -0.2) is 0 Å². The van der Waals surface area contributed by atoms with Gasteiger partial charge in [-0.1, -0.05) is 103 Å². The van der Waals surface area contributed by atoms with Gasteiger partial charge in [-0.05, 0) is 142 Å². The molecule has 1 heterocycles. The number of nitrogens with zero attached hydrogens (tertiary/aromatic N) is 1. The molecule has 0 saturated heterocycles. The zero-order valence-electron chi connectivity index (χ0n) is 29.1. The maximum absolute atomic E-state index is 6.39. The molecule has 13 rings (SSSR count). The minimum absolute atomic E-state index is 0.178. The van der Waals surface area contributed by atoms with Crippen molar-refractivity contribution in [3.05, 3.63) is 163 Å². The first-order valence-corrected chi connectivity index (χ1v) is 19.3. The van der Waals surface area contributed by atoms with Crippen LogP contribution >= 0.6 is 0 Å². The summed E-state index contributed by atoms with van der Waals surface area (Å²) in [6.07, 6.45) is 7.11. The lowest BCUT2D eigenvalue weighted by Crippen LogP contribution is -2.55. The van der Waals surface area contributed by atoms with Crippen molar-refractivity contribution in [1.29, 1.82) is 0 Å². The summed E-state index contributed by atoms with van der Waals surface area (Å²) < 4.78 is 6.39. The minimum atomic E-state index is 0.178. The lowest BCUT2D eigenvalue weighted by molar-refractivity contribution is -0.0399. The van der Waals surface area contributed by atoms with Gasteiger partial charge >= 0.3 is 0 Å². The molecule has 0 N–H and O–H groups in total. The first-order valence-electron chi connectivity index (χ1n) is 19.3.